The topological polar surface area (TPSA) is 76.9 Å². The summed E-state index contributed by atoms with van der Waals surface area (Å²) in [6, 6.07) is 21.4. The number of piperidine rings is 1. The molecule has 5 rings (SSSR count). The molecule has 3 heterocycles. The van der Waals surface area contributed by atoms with Gasteiger partial charge in [-0.1, -0.05) is 30.3 Å². The predicted molar refractivity (Wildman–Crippen MR) is 169 cm³/mol. The molecular formula is C35H42N4O4. The average Bonchev–Trinajstić information content (AvgIpc) is 3.04. The van der Waals surface area contributed by atoms with Gasteiger partial charge in [0.05, 0.1) is 24.8 Å². The van der Waals surface area contributed by atoms with Crippen LogP contribution in [0.15, 0.2) is 83.9 Å². The van der Waals surface area contributed by atoms with Crippen LogP contribution in [0, 0.1) is 6.92 Å². The fourth-order valence-electron chi connectivity index (χ4n) is 5.57. The van der Waals surface area contributed by atoms with E-state index in [0.29, 0.717) is 39.1 Å². The number of pyridine rings is 2. The van der Waals surface area contributed by atoms with Gasteiger partial charge in [-0.15, -0.1) is 0 Å². The van der Waals surface area contributed by atoms with Gasteiger partial charge in [-0.25, -0.2) is 0 Å². The van der Waals surface area contributed by atoms with E-state index >= 15 is 0 Å². The summed E-state index contributed by atoms with van der Waals surface area (Å²) in [5, 5.41) is 0.948. The molecule has 2 aromatic carbocycles. The van der Waals surface area contributed by atoms with Crippen molar-refractivity contribution in [2.45, 2.75) is 51.9 Å². The van der Waals surface area contributed by atoms with Gasteiger partial charge in [0.2, 0.25) is 5.91 Å². The molecule has 1 aliphatic rings. The second-order valence-electron chi connectivity index (χ2n) is 11.4. The number of carbonyl (C=O) groups is 1. The molecule has 226 valence electrons. The highest BCUT2D eigenvalue weighted by atomic mass is 16.5. The zero-order chi connectivity index (χ0) is 30.0. The van der Waals surface area contributed by atoms with E-state index in [1.807, 2.05) is 59.6 Å². The van der Waals surface area contributed by atoms with Crippen LogP contribution in [0.25, 0.3) is 10.9 Å². The summed E-state index contributed by atoms with van der Waals surface area (Å²) in [5.74, 6) is 0.887. The van der Waals surface area contributed by atoms with Gasteiger partial charge in [-0.05, 0) is 73.2 Å². The maximum atomic E-state index is 13.5. The van der Waals surface area contributed by atoms with Gasteiger partial charge in [-0.2, -0.15) is 0 Å². The van der Waals surface area contributed by atoms with Crippen LogP contribution in [0.4, 0.5) is 0 Å². The Labute approximate surface area is 253 Å². The molecule has 43 heavy (non-hydrogen) atoms. The van der Waals surface area contributed by atoms with Crippen molar-refractivity contribution in [3.8, 4) is 5.75 Å². The van der Waals surface area contributed by atoms with Crippen LogP contribution >= 0.6 is 0 Å². The lowest BCUT2D eigenvalue weighted by atomic mass is 10.1. The molecule has 0 atom stereocenters. The number of ether oxygens (including phenoxy) is 2. The van der Waals surface area contributed by atoms with Gasteiger partial charge in [0.15, 0.2) is 0 Å². The molecule has 0 radical (unpaired) electrons. The first kappa shape index (κ1) is 30.4. The number of aryl methyl sites for hydroxylation is 2. The number of amides is 1. The molecular weight excluding hydrogens is 540 g/mol. The summed E-state index contributed by atoms with van der Waals surface area (Å²) in [7, 11) is 1.77. The minimum atomic E-state index is -0.0368. The fourth-order valence-corrected chi connectivity index (χ4v) is 5.57. The lowest BCUT2D eigenvalue weighted by Gasteiger charge is -2.33. The molecule has 0 aliphatic carbocycles. The molecule has 2 aromatic heterocycles. The third-order valence-electron chi connectivity index (χ3n) is 8.30. The SMILES string of the molecule is Cc1ccccc1CN(CCN1CCC(OCc2cccnc2)CC1)C(=O)CCCOc1ccc2c(ccc(=O)n2C)c1. The molecule has 0 saturated carbocycles. The number of benzene rings is 2. The van der Waals surface area contributed by atoms with Crippen LogP contribution in [0.1, 0.15) is 42.4 Å². The van der Waals surface area contributed by atoms with Gasteiger partial charge in [0.1, 0.15) is 5.75 Å². The Balaban J connectivity index is 1.10. The number of hydrogen-bond donors (Lipinski definition) is 0. The summed E-state index contributed by atoms with van der Waals surface area (Å²) < 4.78 is 13.7. The van der Waals surface area contributed by atoms with Crippen LogP contribution in [-0.4, -0.2) is 64.1 Å². The summed E-state index contributed by atoms with van der Waals surface area (Å²) in [4.78, 5) is 34.0. The van der Waals surface area contributed by atoms with E-state index in [1.165, 1.54) is 11.1 Å². The molecule has 1 aliphatic heterocycles. The highest BCUT2D eigenvalue weighted by Crippen LogP contribution is 2.20. The maximum Gasteiger partial charge on any atom is 0.250 e. The Hall–Kier alpha value is -4.01. The van der Waals surface area contributed by atoms with Crippen molar-refractivity contribution in [2.24, 2.45) is 7.05 Å². The third kappa shape index (κ3) is 8.52. The van der Waals surface area contributed by atoms with E-state index < -0.39 is 0 Å². The van der Waals surface area contributed by atoms with E-state index in [4.69, 9.17) is 9.47 Å². The summed E-state index contributed by atoms with van der Waals surface area (Å²) in [5.41, 5.74) is 4.31. The second-order valence-corrected chi connectivity index (χ2v) is 11.4. The first-order chi connectivity index (χ1) is 21.0. The Bertz CT molecular complexity index is 1550. The van der Waals surface area contributed by atoms with Gasteiger partial charge >= 0.3 is 0 Å². The lowest BCUT2D eigenvalue weighted by molar-refractivity contribution is -0.132. The second kappa shape index (κ2) is 14.9. The summed E-state index contributed by atoms with van der Waals surface area (Å²) in [6.45, 7) is 7.25. The normalized spacial score (nSPS) is 14.2. The molecule has 1 fully saturated rings. The summed E-state index contributed by atoms with van der Waals surface area (Å²) >= 11 is 0. The predicted octanol–water partition coefficient (Wildman–Crippen LogP) is 5.11. The molecule has 0 N–H and O–H groups in total. The van der Waals surface area contributed by atoms with Gasteiger partial charge in [0, 0.05) is 70.0 Å². The zero-order valence-corrected chi connectivity index (χ0v) is 25.3. The molecule has 4 aromatic rings. The largest absolute Gasteiger partial charge is 0.494 e. The van der Waals surface area contributed by atoms with Crippen molar-refractivity contribution in [3.63, 3.8) is 0 Å². The first-order valence-corrected chi connectivity index (χ1v) is 15.2. The quantitative estimate of drug-likeness (QED) is 0.204. The van der Waals surface area contributed by atoms with Gasteiger partial charge in [-0.3, -0.25) is 14.6 Å². The number of rotatable bonds is 13. The van der Waals surface area contributed by atoms with Gasteiger partial charge < -0.3 is 23.8 Å². The van der Waals surface area contributed by atoms with E-state index in [1.54, 1.807) is 23.9 Å². The van der Waals surface area contributed by atoms with Crippen molar-refractivity contribution in [3.05, 3.63) is 106 Å². The minimum absolute atomic E-state index is 0.0368. The van der Waals surface area contributed by atoms with Crippen LogP contribution in [0.5, 0.6) is 5.75 Å². The third-order valence-corrected chi connectivity index (χ3v) is 8.30. The smallest absolute Gasteiger partial charge is 0.250 e. The zero-order valence-electron chi connectivity index (χ0n) is 25.3. The molecule has 0 unspecified atom stereocenters. The Kier molecular flexibility index (Phi) is 10.6. The van der Waals surface area contributed by atoms with E-state index in [0.717, 1.165) is 54.7 Å². The first-order valence-electron chi connectivity index (χ1n) is 15.2. The number of likely N-dealkylation sites (tertiary alicyclic amines) is 1. The van der Waals surface area contributed by atoms with Crippen molar-refractivity contribution >= 4 is 16.8 Å². The van der Waals surface area contributed by atoms with Crippen LogP contribution < -0.4 is 10.3 Å². The minimum Gasteiger partial charge on any atom is -0.494 e. The van der Waals surface area contributed by atoms with Crippen molar-refractivity contribution in [1.82, 2.24) is 19.4 Å². The van der Waals surface area contributed by atoms with E-state index in [9.17, 15) is 9.59 Å². The Morgan fingerprint density at radius 2 is 1.88 bits per heavy atom. The number of nitrogens with zero attached hydrogens (tertiary/aromatic N) is 4. The fraction of sp³-hybridized carbons (Fsp3) is 0.400. The number of hydrogen-bond acceptors (Lipinski definition) is 6. The Morgan fingerprint density at radius 1 is 1.05 bits per heavy atom. The molecule has 0 spiro atoms. The average molecular weight is 583 g/mol. The van der Waals surface area contributed by atoms with Crippen molar-refractivity contribution in [2.75, 3.05) is 32.8 Å². The van der Waals surface area contributed by atoms with Crippen LogP contribution in [0.2, 0.25) is 0 Å². The number of aromatic nitrogens is 2. The molecule has 1 saturated heterocycles. The summed E-state index contributed by atoms with van der Waals surface area (Å²) in [6.07, 6.45) is 6.95. The van der Waals surface area contributed by atoms with E-state index in [-0.39, 0.29) is 17.6 Å². The van der Waals surface area contributed by atoms with Crippen LogP contribution in [-0.2, 0) is 29.7 Å². The highest BCUT2D eigenvalue weighted by Gasteiger charge is 2.22. The number of fused-ring (bicyclic) bond motifs is 1. The lowest BCUT2D eigenvalue weighted by Crippen LogP contribution is -2.43. The Morgan fingerprint density at radius 3 is 2.67 bits per heavy atom. The standard InChI is InChI=1S/C35H42N4O4/c1-27-7-3-4-9-30(27)25-39(21-20-38-18-15-31(16-19-38)43-26-28-8-5-17-36-24-28)35(41)10-6-22-42-32-12-13-33-29(23-32)11-14-34(40)37(33)2/h3-5,7-9,11-14,17,23-24,31H,6,10,15-16,18-22,25-26H2,1-2H3. The molecule has 0 bridgehead atoms. The van der Waals surface area contributed by atoms with Gasteiger partial charge in [0.25, 0.3) is 5.56 Å². The van der Waals surface area contributed by atoms with Crippen LogP contribution in [0.3, 0.4) is 0 Å². The molecule has 1 amide bonds. The molecule has 8 nitrogen and oxygen atoms in total. The monoisotopic (exact) mass is 582 g/mol. The van der Waals surface area contributed by atoms with Crippen molar-refractivity contribution in [1.29, 1.82) is 0 Å². The molecule has 8 heteroatoms. The number of carbonyl (C=O) groups excluding carboxylic acids is 1. The maximum absolute atomic E-state index is 13.5. The van der Waals surface area contributed by atoms with E-state index in [2.05, 4.69) is 28.9 Å². The van der Waals surface area contributed by atoms with Crippen molar-refractivity contribution < 1.29 is 14.3 Å². The highest BCUT2D eigenvalue weighted by molar-refractivity contribution is 5.80.